The summed E-state index contributed by atoms with van der Waals surface area (Å²) in [5, 5.41) is 21.7. The van der Waals surface area contributed by atoms with Crippen LogP contribution in [-0.2, 0) is 6.54 Å². The first-order valence-electron chi connectivity index (χ1n) is 8.34. The second-order valence-corrected chi connectivity index (χ2v) is 6.31. The number of para-hydroxylation sites is 1. The molecule has 3 rings (SSSR count). The SMILES string of the molecule is O=[N+]([O-])c1ccccc1CN1CCCC1CC(O)c1ccccc1. The zero-order chi connectivity index (χ0) is 16.9. The zero-order valence-corrected chi connectivity index (χ0v) is 13.5. The molecule has 1 aliphatic rings. The smallest absolute Gasteiger partial charge is 0.273 e. The van der Waals surface area contributed by atoms with E-state index in [2.05, 4.69) is 4.90 Å². The summed E-state index contributed by atoms with van der Waals surface area (Å²) in [6.45, 7) is 1.47. The molecule has 1 N–H and O–H groups in total. The normalized spacial score (nSPS) is 19.3. The summed E-state index contributed by atoms with van der Waals surface area (Å²) in [6.07, 6.45) is 2.24. The summed E-state index contributed by atoms with van der Waals surface area (Å²) < 4.78 is 0. The minimum Gasteiger partial charge on any atom is -0.388 e. The maximum Gasteiger partial charge on any atom is 0.273 e. The molecule has 1 fully saturated rings. The molecule has 126 valence electrons. The Labute approximate surface area is 141 Å². The van der Waals surface area contributed by atoms with Gasteiger partial charge in [0.25, 0.3) is 5.69 Å². The molecule has 0 spiro atoms. The van der Waals surface area contributed by atoms with Gasteiger partial charge in [0.05, 0.1) is 11.0 Å². The largest absolute Gasteiger partial charge is 0.388 e. The van der Waals surface area contributed by atoms with Gasteiger partial charge in [-0.1, -0.05) is 48.5 Å². The lowest BCUT2D eigenvalue weighted by Crippen LogP contribution is -2.30. The molecule has 24 heavy (non-hydrogen) atoms. The van der Waals surface area contributed by atoms with E-state index in [0.717, 1.165) is 30.5 Å². The Hall–Kier alpha value is -2.24. The molecule has 2 unspecified atom stereocenters. The Morgan fingerprint density at radius 2 is 1.88 bits per heavy atom. The quantitative estimate of drug-likeness (QED) is 0.649. The molecule has 0 bridgehead atoms. The average Bonchev–Trinajstić information content (AvgIpc) is 3.03. The second-order valence-electron chi connectivity index (χ2n) is 6.31. The molecule has 0 saturated carbocycles. The van der Waals surface area contributed by atoms with Crippen LogP contribution in [0.3, 0.4) is 0 Å². The van der Waals surface area contributed by atoms with E-state index in [4.69, 9.17) is 0 Å². The summed E-state index contributed by atoms with van der Waals surface area (Å²) in [4.78, 5) is 13.1. The highest BCUT2D eigenvalue weighted by Gasteiger charge is 2.28. The number of rotatable bonds is 6. The predicted octanol–water partition coefficient (Wildman–Crippen LogP) is 3.68. The number of likely N-dealkylation sites (tertiary alicyclic amines) is 1. The fourth-order valence-corrected chi connectivity index (χ4v) is 3.48. The molecule has 1 aliphatic heterocycles. The molecule has 2 atom stereocenters. The first kappa shape index (κ1) is 16.6. The molecule has 2 aromatic carbocycles. The van der Waals surface area contributed by atoms with Crippen LogP contribution in [0, 0.1) is 10.1 Å². The van der Waals surface area contributed by atoms with Crippen molar-refractivity contribution in [1.29, 1.82) is 0 Å². The minimum absolute atomic E-state index is 0.173. The molecule has 1 saturated heterocycles. The van der Waals surface area contributed by atoms with Crippen molar-refractivity contribution in [1.82, 2.24) is 4.90 Å². The predicted molar refractivity (Wildman–Crippen MR) is 92.5 cm³/mol. The van der Waals surface area contributed by atoms with E-state index in [1.165, 1.54) is 0 Å². The maximum absolute atomic E-state index is 11.2. The second kappa shape index (κ2) is 7.55. The fraction of sp³-hybridized carbons (Fsp3) is 0.368. The first-order chi connectivity index (χ1) is 11.6. The molecule has 5 nitrogen and oxygen atoms in total. The maximum atomic E-state index is 11.2. The number of hydrogen-bond donors (Lipinski definition) is 1. The molecule has 0 radical (unpaired) electrons. The number of benzene rings is 2. The fourth-order valence-electron chi connectivity index (χ4n) is 3.48. The Balaban J connectivity index is 1.69. The summed E-state index contributed by atoms with van der Waals surface area (Å²) >= 11 is 0. The first-order valence-corrected chi connectivity index (χ1v) is 8.34. The van der Waals surface area contributed by atoms with Crippen molar-refractivity contribution >= 4 is 5.69 Å². The molecule has 1 heterocycles. The standard InChI is InChI=1S/C19H22N2O3/c22-19(15-7-2-1-3-8-15)13-17-10-6-12-20(17)14-16-9-4-5-11-18(16)21(23)24/h1-5,7-9,11,17,19,22H,6,10,12-14H2. The van der Waals surface area contributed by atoms with Crippen LogP contribution in [0.25, 0.3) is 0 Å². The number of nitro benzene ring substituents is 1. The van der Waals surface area contributed by atoms with Gasteiger partial charge in [-0.15, -0.1) is 0 Å². The number of aliphatic hydroxyl groups excluding tert-OH is 1. The van der Waals surface area contributed by atoms with Gasteiger partial charge in [0.1, 0.15) is 0 Å². The molecule has 0 amide bonds. The van der Waals surface area contributed by atoms with Crippen LogP contribution in [0.15, 0.2) is 54.6 Å². The minimum atomic E-state index is -0.498. The Kier molecular flexibility index (Phi) is 5.23. The van der Waals surface area contributed by atoms with Crippen LogP contribution >= 0.6 is 0 Å². The third kappa shape index (κ3) is 3.80. The number of nitro groups is 1. The van der Waals surface area contributed by atoms with E-state index < -0.39 is 6.10 Å². The van der Waals surface area contributed by atoms with Crippen molar-refractivity contribution in [2.45, 2.75) is 38.0 Å². The monoisotopic (exact) mass is 326 g/mol. The van der Waals surface area contributed by atoms with E-state index in [-0.39, 0.29) is 16.7 Å². The van der Waals surface area contributed by atoms with Crippen LogP contribution < -0.4 is 0 Å². The van der Waals surface area contributed by atoms with Gasteiger partial charge in [-0.25, -0.2) is 0 Å². The average molecular weight is 326 g/mol. The summed E-state index contributed by atoms with van der Waals surface area (Å²) in [5.41, 5.74) is 1.84. The van der Waals surface area contributed by atoms with E-state index in [1.807, 2.05) is 42.5 Å². The summed E-state index contributed by atoms with van der Waals surface area (Å²) in [7, 11) is 0. The lowest BCUT2D eigenvalue weighted by Gasteiger charge is -2.26. The van der Waals surface area contributed by atoms with Crippen molar-refractivity contribution in [3.05, 3.63) is 75.8 Å². The molecule has 5 heteroatoms. The van der Waals surface area contributed by atoms with Crippen LogP contribution in [0.1, 0.15) is 36.5 Å². The number of aliphatic hydroxyl groups is 1. The van der Waals surface area contributed by atoms with Gasteiger partial charge in [0.15, 0.2) is 0 Å². The lowest BCUT2D eigenvalue weighted by atomic mass is 10.00. The van der Waals surface area contributed by atoms with Gasteiger partial charge in [0, 0.05) is 24.2 Å². The number of nitrogens with zero attached hydrogens (tertiary/aromatic N) is 2. The highest BCUT2D eigenvalue weighted by Crippen LogP contribution is 2.30. The van der Waals surface area contributed by atoms with Gasteiger partial charge < -0.3 is 5.11 Å². The van der Waals surface area contributed by atoms with Gasteiger partial charge >= 0.3 is 0 Å². The van der Waals surface area contributed by atoms with Crippen molar-refractivity contribution < 1.29 is 10.0 Å². The van der Waals surface area contributed by atoms with Crippen LogP contribution in [0.2, 0.25) is 0 Å². The lowest BCUT2D eigenvalue weighted by molar-refractivity contribution is -0.385. The highest BCUT2D eigenvalue weighted by molar-refractivity contribution is 5.39. The Morgan fingerprint density at radius 3 is 2.62 bits per heavy atom. The van der Waals surface area contributed by atoms with Crippen LogP contribution in [0.4, 0.5) is 5.69 Å². The summed E-state index contributed by atoms with van der Waals surface area (Å²) in [5.74, 6) is 0. The topological polar surface area (TPSA) is 66.6 Å². The Bertz CT molecular complexity index is 690. The third-order valence-electron chi connectivity index (χ3n) is 4.74. The molecule has 2 aromatic rings. The van der Waals surface area contributed by atoms with Crippen molar-refractivity contribution in [2.75, 3.05) is 6.54 Å². The van der Waals surface area contributed by atoms with E-state index in [9.17, 15) is 15.2 Å². The molecule has 0 aromatic heterocycles. The van der Waals surface area contributed by atoms with Gasteiger partial charge in [0.2, 0.25) is 0 Å². The van der Waals surface area contributed by atoms with Gasteiger partial charge in [-0.05, 0) is 31.4 Å². The van der Waals surface area contributed by atoms with Gasteiger partial charge in [-0.2, -0.15) is 0 Å². The summed E-state index contributed by atoms with van der Waals surface area (Å²) in [6, 6.07) is 16.8. The van der Waals surface area contributed by atoms with Crippen LogP contribution in [-0.4, -0.2) is 27.5 Å². The molecule has 0 aliphatic carbocycles. The van der Waals surface area contributed by atoms with Crippen molar-refractivity contribution in [3.63, 3.8) is 0 Å². The Morgan fingerprint density at radius 1 is 1.17 bits per heavy atom. The molecular weight excluding hydrogens is 304 g/mol. The van der Waals surface area contributed by atoms with E-state index in [0.29, 0.717) is 13.0 Å². The number of hydrogen-bond acceptors (Lipinski definition) is 4. The van der Waals surface area contributed by atoms with Gasteiger partial charge in [-0.3, -0.25) is 15.0 Å². The van der Waals surface area contributed by atoms with Crippen molar-refractivity contribution in [3.8, 4) is 0 Å². The van der Waals surface area contributed by atoms with Crippen LogP contribution in [0.5, 0.6) is 0 Å². The zero-order valence-electron chi connectivity index (χ0n) is 13.5. The van der Waals surface area contributed by atoms with E-state index in [1.54, 1.807) is 12.1 Å². The third-order valence-corrected chi connectivity index (χ3v) is 4.74. The van der Waals surface area contributed by atoms with E-state index >= 15 is 0 Å². The van der Waals surface area contributed by atoms with Crippen molar-refractivity contribution in [2.24, 2.45) is 0 Å². The highest BCUT2D eigenvalue weighted by atomic mass is 16.6. The molecular formula is C19H22N2O3.